The second-order valence-corrected chi connectivity index (χ2v) is 6.71. The Labute approximate surface area is 126 Å². The number of aryl methyl sites for hydroxylation is 2. The first-order valence-corrected chi connectivity index (χ1v) is 7.83. The average molecular weight is 295 g/mol. The molecule has 112 valence electrons. The van der Waals surface area contributed by atoms with E-state index in [9.17, 15) is 4.79 Å². The highest BCUT2D eigenvalue weighted by Crippen LogP contribution is 2.25. The standard InChI is InChI=1S/C16H25NO2S/c1-11(2)17-16(5,15(18)19-6)10-20-14-8-7-12(3)13(4)9-14/h7-9,11,17H,10H2,1-6H3. The number of hydrogen-bond donors (Lipinski definition) is 1. The van der Waals surface area contributed by atoms with Crippen molar-refractivity contribution in [2.75, 3.05) is 12.9 Å². The van der Waals surface area contributed by atoms with E-state index in [2.05, 4.69) is 37.4 Å². The summed E-state index contributed by atoms with van der Waals surface area (Å²) < 4.78 is 4.93. The van der Waals surface area contributed by atoms with E-state index in [-0.39, 0.29) is 12.0 Å². The van der Waals surface area contributed by atoms with Crippen LogP contribution in [-0.2, 0) is 9.53 Å². The molecule has 1 atom stereocenters. The van der Waals surface area contributed by atoms with Crippen LogP contribution in [0, 0.1) is 13.8 Å². The molecular formula is C16H25NO2S. The van der Waals surface area contributed by atoms with Crippen LogP contribution in [0.2, 0.25) is 0 Å². The lowest BCUT2D eigenvalue weighted by Gasteiger charge is -2.29. The first kappa shape index (κ1) is 17.1. The molecule has 3 nitrogen and oxygen atoms in total. The number of thioether (sulfide) groups is 1. The first-order chi connectivity index (χ1) is 9.28. The molecular weight excluding hydrogens is 270 g/mol. The van der Waals surface area contributed by atoms with Crippen LogP contribution in [0.4, 0.5) is 0 Å². The number of esters is 1. The SMILES string of the molecule is COC(=O)C(C)(CSc1ccc(C)c(C)c1)NC(C)C. The van der Waals surface area contributed by atoms with E-state index in [0.717, 1.165) is 0 Å². The van der Waals surface area contributed by atoms with Gasteiger partial charge >= 0.3 is 5.97 Å². The van der Waals surface area contributed by atoms with Gasteiger partial charge in [0.05, 0.1) is 7.11 Å². The van der Waals surface area contributed by atoms with Crippen LogP contribution in [0.5, 0.6) is 0 Å². The molecule has 0 aliphatic carbocycles. The van der Waals surface area contributed by atoms with Crippen molar-refractivity contribution in [2.24, 2.45) is 0 Å². The van der Waals surface area contributed by atoms with Gasteiger partial charge in [-0.05, 0) is 57.9 Å². The summed E-state index contributed by atoms with van der Waals surface area (Å²) >= 11 is 1.67. The highest BCUT2D eigenvalue weighted by molar-refractivity contribution is 7.99. The number of nitrogens with one attached hydrogen (secondary N) is 1. The van der Waals surface area contributed by atoms with Gasteiger partial charge in [0.2, 0.25) is 0 Å². The summed E-state index contributed by atoms with van der Waals surface area (Å²) in [5, 5.41) is 3.31. The lowest BCUT2D eigenvalue weighted by Crippen LogP contribution is -2.54. The molecule has 0 radical (unpaired) electrons. The highest BCUT2D eigenvalue weighted by atomic mass is 32.2. The highest BCUT2D eigenvalue weighted by Gasteiger charge is 2.34. The summed E-state index contributed by atoms with van der Waals surface area (Å²) in [6, 6.07) is 6.59. The van der Waals surface area contributed by atoms with Crippen molar-refractivity contribution < 1.29 is 9.53 Å². The number of carbonyl (C=O) groups is 1. The van der Waals surface area contributed by atoms with E-state index in [0.29, 0.717) is 5.75 Å². The third-order valence-electron chi connectivity index (χ3n) is 3.25. The van der Waals surface area contributed by atoms with Gasteiger partial charge in [0, 0.05) is 16.7 Å². The Hall–Kier alpha value is -1.00. The van der Waals surface area contributed by atoms with Crippen molar-refractivity contribution in [3.8, 4) is 0 Å². The predicted molar refractivity (Wildman–Crippen MR) is 85.3 cm³/mol. The lowest BCUT2D eigenvalue weighted by molar-refractivity contribution is -0.147. The fraction of sp³-hybridized carbons (Fsp3) is 0.562. The lowest BCUT2D eigenvalue weighted by atomic mass is 10.0. The number of benzene rings is 1. The number of methoxy groups -OCH3 is 1. The van der Waals surface area contributed by atoms with E-state index in [1.807, 2.05) is 20.8 Å². The molecule has 1 N–H and O–H groups in total. The number of hydrogen-bond acceptors (Lipinski definition) is 4. The van der Waals surface area contributed by atoms with E-state index < -0.39 is 5.54 Å². The van der Waals surface area contributed by atoms with Gasteiger partial charge in [-0.15, -0.1) is 11.8 Å². The van der Waals surface area contributed by atoms with Crippen LogP contribution in [0.1, 0.15) is 31.9 Å². The van der Waals surface area contributed by atoms with Gasteiger partial charge in [0.25, 0.3) is 0 Å². The maximum atomic E-state index is 12.0. The van der Waals surface area contributed by atoms with Crippen molar-refractivity contribution in [3.63, 3.8) is 0 Å². The Bertz CT molecular complexity index is 474. The Balaban J connectivity index is 2.80. The largest absolute Gasteiger partial charge is 0.468 e. The molecule has 20 heavy (non-hydrogen) atoms. The summed E-state index contributed by atoms with van der Waals surface area (Å²) in [6.07, 6.45) is 0. The van der Waals surface area contributed by atoms with Crippen LogP contribution >= 0.6 is 11.8 Å². The minimum absolute atomic E-state index is 0.220. The monoisotopic (exact) mass is 295 g/mol. The zero-order valence-corrected chi connectivity index (χ0v) is 14.1. The van der Waals surface area contributed by atoms with E-state index >= 15 is 0 Å². The van der Waals surface area contributed by atoms with E-state index in [4.69, 9.17) is 4.74 Å². The van der Waals surface area contributed by atoms with E-state index in [1.54, 1.807) is 11.8 Å². The van der Waals surface area contributed by atoms with E-state index in [1.165, 1.54) is 23.1 Å². The van der Waals surface area contributed by atoms with Crippen LogP contribution in [-0.4, -0.2) is 30.4 Å². The quantitative estimate of drug-likeness (QED) is 0.645. The fourth-order valence-electron chi connectivity index (χ4n) is 2.05. The molecule has 0 saturated carbocycles. The molecule has 0 saturated heterocycles. The van der Waals surface area contributed by atoms with Gasteiger partial charge in [0.15, 0.2) is 0 Å². The van der Waals surface area contributed by atoms with Crippen LogP contribution < -0.4 is 5.32 Å². The first-order valence-electron chi connectivity index (χ1n) is 6.84. The van der Waals surface area contributed by atoms with Crippen molar-refractivity contribution >= 4 is 17.7 Å². The third kappa shape index (κ3) is 4.53. The summed E-state index contributed by atoms with van der Waals surface area (Å²) in [5.74, 6) is 0.419. The summed E-state index contributed by atoms with van der Waals surface area (Å²) in [5.41, 5.74) is 1.88. The zero-order chi connectivity index (χ0) is 15.3. The normalized spacial score (nSPS) is 14.2. The molecule has 1 aromatic carbocycles. The van der Waals surface area contributed by atoms with Gasteiger partial charge in [-0.2, -0.15) is 0 Å². The van der Waals surface area contributed by atoms with Gasteiger partial charge in [-0.1, -0.05) is 6.07 Å². The third-order valence-corrected chi connectivity index (χ3v) is 4.56. The van der Waals surface area contributed by atoms with Crippen LogP contribution in [0.25, 0.3) is 0 Å². The molecule has 0 heterocycles. The number of rotatable bonds is 6. The maximum absolute atomic E-state index is 12.0. The number of ether oxygens (including phenoxy) is 1. The minimum atomic E-state index is -0.674. The second kappa shape index (κ2) is 7.14. The Kier molecular flexibility index (Phi) is 6.08. The Morgan fingerprint density at radius 2 is 2.00 bits per heavy atom. The molecule has 0 amide bonds. The summed E-state index contributed by atoms with van der Waals surface area (Å²) in [4.78, 5) is 13.2. The topological polar surface area (TPSA) is 38.3 Å². The second-order valence-electron chi connectivity index (χ2n) is 5.66. The average Bonchev–Trinajstić information content (AvgIpc) is 2.38. The van der Waals surface area contributed by atoms with Crippen molar-refractivity contribution in [1.82, 2.24) is 5.32 Å². The Morgan fingerprint density at radius 3 is 2.50 bits per heavy atom. The Morgan fingerprint density at radius 1 is 1.35 bits per heavy atom. The van der Waals surface area contributed by atoms with Crippen molar-refractivity contribution in [1.29, 1.82) is 0 Å². The summed E-state index contributed by atoms with van der Waals surface area (Å²) in [6.45, 7) is 10.2. The molecule has 4 heteroatoms. The van der Waals surface area contributed by atoms with Crippen molar-refractivity contribution in [3.05, 3.63) is 29.3 Å². The molecule has 1 unspecified atom stereocenters. The van der Waals surface area contributed by atoms with Gasteiger partial charge in [-0.25, -0.2) is 0 Å². The van der Waals surface area contributed by atoms with Crippen LogP contribution in [0.15, 0.2) is 23.1 Å². The molecule has 0 aliphatic heterocycles. The van der Waals surface area contributed by atoms with Crippen LogP contribution in [0.3, 0.4) is 0 Å². The molecule has 0 fully saturated rings. The molecule has 0 bridgehead atoms. The molecule has 0 spiro atoms. The maximum Gasteiger partial charge on any atom is 0.326 e. The smallest absolute Gasteiger partial charge is 0.326 e. The molecule has 0 aliphatic rings. The molecule has 1 aromatic rings. The summed E-state index contributed by atoms with van der Waals surface area (Å²) in [7, 11) is 1.43. The number of carbonyl (C=O) groups excluding carboxylic acids is 1. The van der Waals surface area contributed by atoms with Gasteiger partial charge in [0.1, 0.15) is 5.54 Å². The zero-order valence-electron chi connectivity index (χ0n) is 13.2. The minimum Gasteiger partial charge on any atom is -0.468 e. The fourth-order valence-corrected chi connectivity index (χ4v) is 3.13. The predicted octanol–water partition coefficient (Wildman–Crippen LogP) is 3.33. The van der Waals surface area contributed by atoms with Gasteiger partial charge < -0.3 is 4.74 Å². The van der Waals surface area contributed by atoms with Gasteiger partial charge in [-0.3, -0.25) is 10.1 Å². The molecule has 0 aromatic heterocycles. The molecule has 1 rings (SSSR count). The van der Waals surface area contributed by atoms with Crippen molar-refractivity contribution in [2.45, 2.75) is 51.1 Å².